The highest BCUT2D eigenvalue weighted by molar-refractivity contribution is 4.69. The van der Waals surface area contributed by atoms with Crippen LogP contribution in [0.3, 0.4) is 0 Å². The Morgan fingerprint density at radius 2 is 1.87 bits per heavy atom. The van der Waals surface area contributed by atoms with E-state index in [9.17, 15) is 5.11 Å². The van der Waals surface area contributed by atoms with Crippen LogP contribution in [-0.2, 0) is 0 Å². The molecule has 0 aliphatic carbocycles. The largest absolute Gasteiger partial charge is 0.392 e. The summed E-state index contributed by atoms with van der Waals surface area (Å²) in [6, 6.07) is 0.590. The van der Waals surface area contributed by atoms with Gasteiger partial charge in [0.25, 0.3) is 0 Å². The number of hydrogen-bond acceptors (Lipinski definition) is 2. The first-order valence-electron chi connectivity index (χ1n) is 6.51. The normalized spacial score (nSPS) is 15.6. The molecule has 2 N–H and O–H groups in total. The maximum absolute atomic E-state index is 9.73. The first-order valence-corrected chi connectivity index (χ1v) is 6.51. The Labute approximate surface area is 95.5 Å². The van der Waals surface area contributed by atoms with E-state index in [-0.39, 0.29) is 6.10 Å². The SMILES string of the molecule is CCCCC(CC)NCC(O)CC(C)C. The molecule has 0 rings (SSSR count). The summed E-state index contributed by atoms with van der Waals surface area (Å²) in [6.45, 7) is 9.48. The standard InChI is InChI=1S/C13H29NO/c1-5-7-8-12(6-2)14-10-13(15)9-11(3)4/h11-15H,5-10H2,1-4H3. The van der Waals surface area contributed by atoms with E-state index in [1.807, 2.05) is 0 Å². The van der Waals surface area contributed by atoms with Gasteiger partial charge in [0.1, 0.15) is 0 Å². The molecule has 2 atom stereocenters. The summed E-state index contributed by atoms with van der Waals surface area (Å²) in [5, 5.41) is 13.2. The van der Waals surface area contributed by atoms with Crippen LogP contribution < -0.4 is 5.32 Å². The molecule has 0 saturated carbocycles. The van der Waals surface area contributed by atoms with Crippen LogP contribution in [0.4, 0.5) is 0 Å². The topological polar surface area (TPSA) is 32.3 Å². The van der Waals surface area contributed by atoms with Gasteiger partial charge in [-0.3, -0.25) is 0 Å². The van der Waals surface area contributed by atoms with E-state index in [0.717, 1.165) is 19.4 Å². The van der Waals surface area contributed by atoms with Crippen molar-refractivity contribution in [3.8, 4) is 0 Å². The molecule has 15 heavy (non-hydrogen) atoms. The zero-order chi connectivity index (χ0) is 11.7. The molecule has 0 aliphatic rings. The Balaban J connectivity index is 3.60. The first kappa shape index (κ1) is 14.9. The molecule has 0 spiro atoms. The van der Waals surface area contributed by atoms with Crippen LogP contribution in [0.15, 0.2) is 0 Å². The minimum Gasteiger partial charge on any atom is -0.392 e. The van der Waals surface area contributed by atoms with Crippen molar-refractivity contribution in [1.82, 2.24) is 5.32 Å². The van der Waals surface area contributed by atoms with Gasteiger partial charge in [0.15, 0.2) is 0 Å². The second-order valence-electron chi connectivity index (χ2n) is 4.94. The molecule has 0 radical (unpaired) electrons. The van der Waals surface area contributed by atoms with E-state index < -0.39 is 0 Å². The van der Waals surface area contributed by atoms with Crippen molar-refractivity contribution in [1.29, 1.82) is 0 Å². The van der Waals surface area contributed by atoms with Crippen molar-refractivity contribution in [2.75, 3.05) is 6.54 Å². The predicted molar refractivity (Wildman–Crippen MR) is 67.1 cm³/mol. The fourth-order valence-corrected chi connectivity index (χ4v) is 1.83. The van der Waals surface area contributed by atoms with Crippen molar-refractivity contribution < 1.29 is 5.11 Å². The van der Waals surface area contributed by atoms with Crippen LogP contribution in [0, 0.1) is 5.92 Å². The van der Waals surface area contributed by atoms with Crippen LogP contribution in [-0.4, -0.2) is 23.8 Å². The lowest BCUT2D eigenvalue weighted by molar-refractivity contribution is 0.141. The van der Waals surface area contributed by atoms with E-state index >= 15 is 0 Å². The number of unbranched alkanes of at least 4 members (excludes halogenated alkanes) is 1. The van der Waals surface area contributed by atoms with E-state index in [4.69, 9.17) is 0 Å². The van der Waals surface area contributed by atoms with E-state index in [2.05, 4.69) is 33.0 Å². The van der Waals surface area contributed by atoms with Crippen LogP contribution in [0.5, 0.6) is 0 Å². The van der Waals surface area contributed by atoms with Gasteiger partial charge >= 0.3 is 0 Å². The second kappa shape index (κ2) is 9.17. The minimum absolute atomic E-state index is 0.180. The molecule has 2 heteroatoms. The molecular weight excluding hydrogens is 186 g/mol. The summed E-state index contributed by atoms with van der Waals surface area (Å²) < 4.78 is 0. The lowest BCUT2D eigenvalue weighted by atomic mass is 10.0. The van der Waals surface area contributed by atoms with Gasteiger partial charge in [-0.05, 0) is 25.2 Å². The molecule has 0 aromatic carbocycles. The quantitative estimate of drug-likeness (QED) is 0.620. The molecule has 2 unspecified atom stereocenters. The zero-order valence-electron chi connectivity index (χ0n) is 10.9. The van der Waals surface area contributed by atoms with Crippen molar-refractivity contribution in [2.24, 2.45) is 5.92 Å². The van der Waals surface area contributed by atoms with Gasteiger partial charge in [0.05, 0.1) is 6.10 Å². The fourth-order valence-electron chi connectivity index (χ4n) is 1.83. The number of nitrogens with one attached hydrogen (secondary N) is 1. The Hall–Kier alpha value is -0.0800. The second-order valence-corrected chi connectivity index (χ2v) is 4.94. The van der Waals surface area contributed by atoms with E-state index in [0.29, 0.717) is 12.0 Å². The molecule has 0 aromatic heterocycles. The molecule has 0 aliphatic heterocycles. The summed E-state index contributed by atoms with van der Waals surface area (Å²) in [5.74, 6) is 0.581. The number of hydrogen-bond donors (Lipinski definition) is 2. The first-order chi connectivity index (χ1) is 7.10. The van der Waals surface area contributed by atoms with Gasteiger partial charge in [-0.2, -0.15) is 0 Å². The predicted octanol–water partition coefficient (Wildman–Crippen LogP) is 2.95. The molecule has 0 fully saturated rings. The maximum atomic E-state index is 9.73. The van der Waals surface area contributed by atoms with Crippen LogP contribution in [0.2, 0.25) is 0 Å². The molecule has 2 nitrogen and oxygen atoms in total. The Bertz CT molecular complexity index is 136. The minimum atomic E-state index is -0.180. The summed E-state index contributed by atoms with van der Waals surface area (Å²) in [6.07, 6.45) is 5.66. The Morgan fingerprint density at radius 1 is 1.20 bits per heavy atom. The highest BCUT2D eigenvalue weighted by atomic mass is 16.3. The van der Waals surface area contributed by atoms with Crippen LogP contribution >= 0.6 is 0 Å². The summed E-state index contributed by atoms with van der Waals surface area (Å²) in [7, 11) is 0. The van der Waals surface area contributed by atoms with Crippen molar-refractivity contribution in [3.05, 3.63) is 0 Å². The third kappa shape index (κ3) is 8.88. The van der Waals surface area contributed by atoms with Gasteiger partial charge < -0.3 is 10.4 Å². The van der Waals surface area contributed by atoms with Crippen molar-refractivity contribution >= 4 is 0 Å². The molecule has 0 aromatic rings. The average Bonchev–Trinajstić information content (AvgIpc) is 2.17. The molecule has 92 valence electrons. The molecule has 0 bridgehead atoms. The van der Waals surface area contributed by atoms with E-state index in [1.165, 1.54) is 19.3 Å². The molecular formula is C13H29NO. The zero-order valence-corrected chi connectivity index (χ0v) is 10.9. The van der Waals surface area contributed by atoms with Crippen LogP contribution in [0.1, 0.15) is 59.8 Å². The average molecular weight is 215 g/mol. The summed E-state index contributed by atoms with van der Waals surface area (Å²) in [5.41, 5.74) is 0. The third-order valence-electron chi connectivity index (χ3n) is 2.78. The van der Waals surface area contributed by atoms with E-state index in [1.54, 1.807) is 0 Å². The lowest BCUT2D eigenvalue weighted by Gasteiger charge is -2.20. The monoisotopic (exact) mass is 215 g/mol. The van der Waals surface area contributed by atoms with Gasteiger partial charge in [0, 0.05) is 12.6 Å². The van der Waals surface area contributed by atoms with Gasteiger partial charge in [-0.15, -0.1) is 0 Å². The van der Waals surface area contributed by atoms with Crippen molar-refractivity contribution in [3.63, 3.8) is 0 Å². The Kier molecular flexibility index (Phi) is 9.12. The Morgan fingerprint density at radius 3 is 2.33 bits per heavy atom. The van der Waals surface area contributed by atoms with Gasteiger partial charge in [-0.1, -0.05) is 40.5 Å². The number of rotatable bonds is 9. The lowest BCUT2D eigenvalue weighted by Crippen LogP contribution is -2.35. The van der Waals surface area contributed by atoms with Crippen LogP contribution in [0.25, 0.3) is 0 Å². The third-order valence-corrected chi connectivity index (χ3v) is 2.78. The highest BCUT2D eigenvalue weighted by Crippen LogP contribution is 2.06. The summed E-state index contributed by atoms with van der Waals surface area (Å²) in [4.78, 5) is 0. The maximum Gasteiger partial charge on any atom is 0.0667 e. The molecule has 0 saturated heterocycles. The van der Waals surface area contributed by atoms with Gasteiger partial charge in [-0.25, -0.2) is 0 Å². The smallest absolute Gasteiger partial charge is 0.0667 e. The number of aliphatic hydroxyl groups excluding tert-OH is 1. The van der Waals surface area contributed by atoms with Crippen molar-refractivity contribution in [2.45, 2.75) is 71.9 Å². The van der Waals surface area contributed by atoms with Gasteiger partial charge in [0.2, 0.25) is 0 Å². The number of aliphatic hydroxyl groups is 1. The fraction of sp³-hybridized carbons (Fsp3) is 1.00. The summed E-state index contributed by atoms with van der Waals surface area (Å²) >= 11 is 0. The molecule has 0 heterocycles. The molecule has 0 amide bonds. The highest BCUT2D eigenvalue weighted by Gasteiger charge is 2.10.